The molecule has 0 unspecified atom stereocenters. The molecule has 0 fully saturated rings. The molecule has 0 saturated carbocycles. The molecular formula is C20H17ClN4O4. The third kappa shape index (κ3) is 4.85. The number of nitrogens with zero attached hydrogens (tertiary/aromatic N) is 3. The summed E-state index contributed by atoms with van der Waals surface area (Å²) in [5, 5.41) is 6.52. The maximum atomic E-state index is 12.3. The molecule has 0 aliphatic carbocycles. The smallest absolute Gasteiger partial charge is 0.359 e. The highest BCUT2D eigenvalue weighted by atomic mass is 35.5. The third-order valence-corrected chi connectivity index (χ3v) is 4.18. The second-order valence-corrected chi connectivity index (χ2v) is 6.57. The van der Waals surface area contributed by atoms with Gasteiger partial charge in [0.1, 0.15) is 0 Å². The Morgan fingerprint density at radius 1 is 1.10 bits per heavy atom. The van der Waals surface area contributed by atoms with Crippen LogP contribution < -0.4 is 5.32 Å². The fraction of sp³-hybridized carbons (Fsp3) is 0.150. The quantitative estimate of drug-likeness (QED) is 0.646. The van der Waals surface area contributed by atoms with Crippen molar-refractivity contribution < 1.29 is 19.1 Å². The second-order valence-electron chi connectivity index (χ2n) is 6.16. The van der Waals surface area contributed by atoms with E-state index in [9.17, 15) is 14.4 Å². The number of imide groups is 1. The van der Waals surface area contributed by atoms with Crippen LogP contribution in [0.4, 0.5) is 0 Å². The Balaban J connectivity index is 1.66. The van der Waals surface area contributed by atoms with Gasteiger partial charge < -0.3 is 4.74 Å². The van der Waals surface area contributed by atoms with Crippen molar-refractivity contribution >= 4 is 29.4 Å². The Hall–Kier alpha value is -3.52. The van der Waals surface area contributed by atoms with Crippen LogP contribution in [-0.4, -0.2) is 39.2 Å². The van der Waals surface area contributed by atoms with Gasteiger partial charge in [0.15, 0.2) is 18.1 Å². The summed E-state index contributed by atoms with van der Waals surface area (Å²) in [6.07, 6.45) is 0. The van der Waals surface area contributed by atoms with E-state index in [0.29, 0.717) is 11.4 Å². The number of benzene rings is 1. The largest absolute Gasteiger partial charge is 0.451 e. The molecule has 0 spiro atoms. The van der Waals surface area contributed by atoms with Crippen molar-refractivity contribution in [3.05, 3.63) is 76.2 Å². The molecule has 0 radical (unpaired) electrons. The zero-order valence-corrected chi connectivity index (χ0v) is 16.4. The lowest BCUT2D eigenvalue weighted by Gasteiger charge is -2.09. The number of pyridine rings is 1. The van der Waals surface area contributed by atoms with E-state index in [1.54, 1.807) is 41.1 Å². The molecule has 148 valence electrons. The summed E-state index contributed by atoms with van der Waals surface area (Å²) in [5.41, 5.74) is 1.78. The van der Waals surface area contributed by atoms with Crippen LogP contribution in [0.15, 0.2) is 48.5 Å². The molecule has 0 saturated heterocycles. The van der Waals surface area contributed by atoms with Crippen LogP contribution in [0.25, 0.3) is 5.82 Å². The number of rotatable bonds is 5. The van der Waals surface area contributed by atoms with Gasteiger partial charge in [0.05, 0.1) is 10.7 Å². The molecule has 0 atom stereocenters. The minimum atomic E-state index is -0.888. The van der Waals surface area contributed by atoms with Gasteiger partial charge in [0, 0.05) is 11.3 Å². The lowest BCUT2D eigenvalue weighted by atomic mass is 10.2. The van der Waals surface area contributed by atoms with Gasteiger partial charge in [0.2, 0.25) is 0 Å². The molecule has 29 heavy (non-hydrogen) atoms. The summed E-state index contributed by atoms with van der Waals surface area (Å²) in [5.74, 6) is -1.86. The van der Waals surface area contributed by atoms with Crippen molar-refractivity contribution in [2.45, 2.75) is 13.8 Å². The number of esters is 1. The number of carbonyl (C=O) groups excluding carboxylic acids is 3. The standard InChI is InChI=1S/C20H17ClN4O4/c1-12-10-13(2)25(24-12)16-9-8-15(21)18(22-16)20(28)29-11-17(26)23-19(27)14-6-4-3-5-7-14/h3-10H,11H2,1-2H3,(H,23,26,27). The van der Waals surface area contributed by atoms with Crippen LogP contribution in [-0.2, 0) is 9.53 Å². The molecule has 1 N–H and O–H groups in total. The predicted molar refractivity (Wildman–Crippen MR) is 105 cm³/mol. The first-order valence-electron chi connectivity index (χ1n) is 8.61. The number of hydrogen-bond acceptors (Lipinski definition) is 6. The van der Waals surface area contributed by atoms with Crippen molar-refractivity contribution in [3.63, 3.8) is 0 Å². The van der Waals surface area contributed by atoms with Gasteiger partial charge in [0.25, 0.3) is 11.8 Å². The number of aromatic nitrogens is 3. The van der Waals surface area contributed by atoms with Gasteiger partial charge in [-0.3, -0.25) is 14.9 Å². The molecule has 3 aromatic rings. The summed E-state index contributed by atoms with van der Waals surface area (Å²) in [6.45, 7) is 3.03. The molecule has 0 aliphatic heterocycles. The average Bonchev–Trinajstić information content (AvgIpc) is 3.05. The van der Waals surface area contributed by atoms with Crippen LogP contribution in [0, 0.1) is 13.8 Å². The van der Waals surface area contributed by atoms with E-state index in [2.05, 4.69) is 15.4 Å². The molecule has 2 amide bonds. The molecule has 2 aromatic heterocycles. The zero-order valence-electron chi connectivity index (χ0n) is 15.7. The van der Waals surface area contributed by atoms with Crippen molar-refractivity contribution in [2.24, 2.45) is 0 Å². The summed E-state index contributed by atoms with van der Waals surface area (Å²) < 4.78 is 6.52. The normalized spacial score (nSPS) is 10.4. The molecule has 9 heteroatoms. The Morgan fingerprint density at radius 2 is 1.83 bits per heavy atom. The zero-order chi connectivity index (χ0) is 21.0. The Kier molecular flexibility index (Phi) is 6.04. The molecule has 2 heterocycles. The monoisotopic (exact) mass is 412 g/mol. The van der Waals surface area contributed by atoms with E-state index in [-0.39, 0.29) is 10.7 Å². The van der Waals surface area contributed by atoms with Gasteiger partial charge in [-0.05, 0) is 44.2 Å². The second kappa shape index (κ2) is 8.66. The number of nitrogens with one attached hydrogen (secondary N) is 1. The Morgan fingerprint density at radius 3 is 2.48 bits per heavy atom. The van der Waals surface area contributed by atoms with Crippen LogP contribution in [0.2, 0.25) is 5.02 Å². The number of aryl methyl sites for hydroxylation is 2. The lowest BCUT2D eigenvalue weighted by molar-refractivity contribution is -0.123. The summed E-state index contributed by atoms with van der Waals surface area (Å²) in [6, 6.07) is 13.2. The van der Waals surface area contributed by atoms with E-state index in [4.69, 9.17) is 16.3 Å². The van der Waals surface area contributed by atoms with Gasteiger partial charge >= 0.3 is 5.97 Å². The minimum absolute atomic E-state index is 0.0704. The first-order valence-corrected chi connectivity index (χ1v) is 8.99. The Bertz CT molecular complexity index is 1080. The van der Waals surface area contributed by atoms with E-state index >= 15 is 0 Å². The average molecular weight is 413 g/mol. The number of amides is 2. The number of halogens is 1. The highest BCUT2D eigenvalue weighted by Gasteiger charge is 2.19. The van der Waals surface area contributed by atoms with Gasteiger partial charge in [-0.25, -0.2) is 14.5 Å². The maximum Gasteiger partial charge on any atom is 0.359 e. The number of hydrogen-bond donors (Lipinski definition) is 1. The third-order valence-electron chi connectivity index (χ3n) is 3.87. The summed E-state index contributed by atoms with van der Waals surface area (Å²) >= 11 is 6.06. The highest BCUT2D eigenvalue weighted by Crippen LogP contribution is 2.18. The molecule has 3 rings (SSSR count). The first kappa shape index (κ1) is 20.2. The fourth-order valence-corrected chi connectivity index (χ4v) is 2.76. The highest BCUT2D eigenvalue weighted by molar-refractivity contribution is 6.33. The molecule has 0 bridgehead atoms. The van der Waals surface area contributed by atoms with Gasteiger partial charge in [-0.1, -0.05) is 29.8 Å². The van der Waals surface area contributed by atoms with Crippen LogP contribution in [0.5, 0.6) is 0 Å². The summed E-state index contributed by atoms with van der Waals surface area (Å²) in [7, 11) is 0. The van der Waals surface area contributed by atoms with Crippen molar-refractivity contribution in [1.82, 2.24) is 20.1 Å². The molecule has 1 aromatic carbocycles. The van der Waals surface area contributed by atoms with Crippen LogP contribution in [0.3, 0.4) is 0 Å². The molecule has 8 nitrogen and oxygen atoms in total. The fourth-order valence-electron chi connectivity index (χ4n) is 2.58. The van der Waals surface area contributed by atoms with Crippen LogP contribution in [0.1, 0.15) is 32.2 Å². The van der Waals surface area contributed by atoms with E-state index in [1.807, 2.05) is 19.9 Å². The topological polar surface area (TPSA) is 103 Å². The number of ether oxygens (including phenoxy) is 1. The number of carbonyl (C=O) groups is 3. The van der Waals surface area contributed by atoms with E-state index < -0.39 is 24.4 Å². The van der Waals surface area contributed by atoms with Crippen molar-refractivity contribution in [2.75, 3.05) is 6.61 Å². The SMILES string of the molecule is Cc1cc(C)n(-c2ccc(Cl)c(C(=O)OCC(=O)NC(=O)c3ccccc3)n2)n1. The van der Waals surface area contributed by atoms with Gasteiger partial charge in [-0.2, -0.15) is 5.10 Å². The molecular weight excluding hydrogens is 396 g/mol. The summed E-state index contributed by atoms with van der Waals surface area (Å²) in [4.78, 5) is 40.4. The van der Waals surface area contributed by atoms with Gasteiger partial charge in [-0.15, -0.1) is 0 Å². The molecule has 0 aliphatic rings. The first-order chi connectivity index (χ1) is 13.8. The predicted octanol–water partition coefficient (Wildman–Crippen LogP) is 2.65. The Labute approximate surface area is 171 Å². The maximum absolute atomic E-state index is 12.3. The van der Waals surface area contributed by atoms with E-state index in [1.165, 1.54) is 6.07 Å². The van der Waals surface area contributed by atoms with Crippen molar-refractivity contribution in [1.29, 1.82) is 0 Å². The van der Waals surface area contributed by atoms with Crippen molar-refractivity contribution in [3.8, 4) is 5.82 Å². The minimum Gasteiger partial charge on any atom is -0.451 e. The van der Waals surface area contributed by atoms with E-state index in [0.717, 1.165) is 11.4 Å². The van der Waals surface area contributed by atoms with Crippen LogP contribution >= 0.6 is 11.6 Å². The lowest BCUT2D eigenvalue weighted by Crippen LogP contribution is -2.34.